The minimum atomic E-state index is 0. The van der Waals surface area contributed by atoms with Crippen LogP contribution in [0.4, 0.5) is 0 Å². The van der Waals surface area contributed by atoms with Crippen LogP contribution in [0.5, 0.6) is 0 Å². The van der Waals surface area contributed by atoms with E-state index in [0.29, 0.717) is 0 Å². The molecule has 0 saturated carbocycles. The predicted molar refractivity (Wildman–Crippen MR) is 72.4 cm³/mol. The molecule has 0 fully saturated rings. The van der Waals surface area contributed by atoms with Gasteiger partial charge < -0.3 is 9.19 Å². The Bertz CT molecular complexity index is 408. The van der Waals surface area contributed by atoms with E-state index in [-0.39, 0.29) is 4.70 Å². The molecule has 2 aromatic rings. The van der Waals surface area contributed by atoms with Crippen LogP contribution in [-0.2, 0) is 13.1 Å². The molecule has 0 unspecified atom stereocenters. The van der Waals surface area contributed by atoms with Gasteiger partial charge in [0.1, 0.15) is 13.1 Å². The molecule has 1 nitrogen and oxygen atoms in total. The van der Waals surface area contributed by atoms with Gasteiger partial charge in [0.25, 0.3) is 0 Å². The van der Waals surface area contributed by atoms with E-state index >= 15 is 0 Å². The van der Waals surface area contributed by atoms with Crippen molar-refractivity contribution in [2.45, 2.75) is 13.1 Å². The first-order chi connectivity index (χ1) is 8.16. The highest BCUT2D eigenvalue weighted by molar-refractivity contribution is 5.15. The molecule has 2 rings (SSSR count). The summed E-state index contributed by atoms with van der Waals surface area (Å²) in [6.45, 7) is 2.13. The number of nitrogens with zero attached hydrogens (tertiary/aromatic N) is 1. The Labute approximate surface area is 109 Å². The third kappa shape index (κ3) is 4.30. The molecule has 0 aliphatic carbocycles. The van der Waals surface area contributed by atoms with Crippen LogP contribution in [0.3, 0.4) is 0 Å². The molecule has 0 atom stereocenters. The highest BCUT2D eigenvalue weighted by Crippen LogP contribution is 2.14. The number of halogens is 1. The van der Waals surface area contributed by atoms with Gasteiger partial charge in [0.15, 0.2) is 0 Å². The Balaban J connectivity index is 0.00000162. The van der Waals surface area contributed by atoms with Gasteiger partial charge in [-0.3, -0.25) is 0 Å². The van der Waals surface area contributed by atoms with Gasteiger partial charge in [-0.05, 0) is 0 Å². The molecule has 0 N–H and O–H groups in total. The first kappa shape index (κ1) is 14.4. The van der Waals surface area contributed by atoms with Crippen LogP contribution in [0.1, 0.15) is 11.1 Å². The van der Waals surface area contributed by atoms with E-state index in [1.807, 2.05) is 0 Å². The monoisotopic (exact) mass is 245 g/mol. The van der Waals surface area contributed by atoms with Crippen LogP contribution >= 0.6 is 0 Å². The van der Waals surface area contributed by atoms with Gasteiger partial charge in [-0.15, -0.1) is 0 Å². The van der Waals surface area contributed by atoms with E-state index in [4.69, 9.17) is 0 Å². The molecule has 2 aromatic carbocycles. The molecule has 0 spiro atoms. The van der Waals surface area contributed by atoms with Crippen molar-refractivity contribution >= 4 is 0 Å². The molecular formula is C16H20FN. The van der Waals surface area contributed by atoms with Crippen LogP contribution in [0, 0.1) is 0 Å². The highest BCUT2D eigenvalue weighted by Gasteiger charge is 2.16. The lowest BCUT2D eigenvalue weighted by atomic mass is 10.1. The Morgan fingerprint density at radius 2 is 1.00 bits per heavy atom. The topological polar surface area (TPSA) is 0 Å². The van der Waals surface area contributed by atoms with Gasteiger partial charge in [0.2, 0.25) is 0 Å². The molecule has 0 saturated heterocycles. The highest BCUT2D eigenvalue weighted by atomic mass is 19.0. The third-order valence-corrected chi connectivity index (χ3v) is 2.91. The number of rotatable bonds is 4. The molecule has 0 heterocycles. The molecule has 96 valence electrons. The summed E-state index contributed by atoms with van der Waals surface area (Å²) in [5.74, 6) is 0. The average Bonchev–Trinajstić information content (AvgIpc) is 2.30. The molecule has 0 aromatic heterocycles. The zero-order valence-corrected chi connectivity index (χ0v) is 11.0. The largest absolute Gasteiger partial charge is 1.00 e. The minimum absolute atomic E-state index is 0. The summed E-state index contributed by atoms with van der Waals surface area (Å²) >= 11 is 0. The summed E-state index contributed by atoms with van der Waals surface area (Å²) in [7, 11) is 4.56. The number of quaternary nitrogens is 1. The lowest BCUT2D eigenvalue weighted by molar-refractivity contribution is -0.916. The van der Waals surface area contributed by atoms with Gasteiger partial charge in [-0.25, -0.2) is 0 Å². The van der Waals surface area contributed by atoms with Crippen molar-refractivity contribution in [2.24, 2.45) is 0 Å². The maximum Gasteiger partial charge on any atom is 0.104 e. The smallest absolute Gasteiger partial charge is 0.104 e. The maximum absolute atomic E-state index is 2.28. The van der Waals surface area contributed by atoms with Crippen molar-refractivity contribution in [1.82, 2.24) is 0 Å². The first-order valence-corrected chi connectivity index (χ1v) is 6.06. The van der Waals surface area contributed by atoms with Crippen molar-refractivity contribution in [3.63, 3.8) is 0 Å². The summed E-state index contributed by atoms with van der Waals surface area (Å²) in [5.41, 5.74) is 2.79. The zero-order valence-electron chi connectivity index (χ0n) is 11.0. The van der Waals surface area contributed by atoms with Crippen molar-refractivity contribution in [3.05, 3.63) is 71.8 Å². The van der Waals surface area contributed by atoms with Crippen LogP contribution in [0.2, 0.25) is 0 Å². The lowest BCUT2D eigenvalue weighted by Gasteiger charge is -2.30. The van der Waals surface area contributed by atoms with Crippen LogP contribution < -0.4 is 4.70 Å². The molecule has 0 aliphatic heterocycles. The number of benzene rings is 2. The molecule has 0 amide bonds. The van der Waals surface area contributed by atoms with Crippen molar-refractivity contribution in [3.8, 4) is 0 Å². The fourth-order valence-corrected chi connectivity index (χ4v) is 2.21. The summed E-state index contributed by atoms with van der Waals surface area (Å²) < 4.78 is 0.980. The van der Waals surface area contributed by atoms with E-state index in [1.165, 1.54) is 11.1 Å². The summed E-state index contributed by atoms with van der Waals surface area (Å²) in [6, 6.07) is 21.4. The van der Waals surface area contributed by atoms with Gasteiger partial charge in [-0.1, -0.05) is 60.7 Å². The minimum Gasteiger partial charge on any atom is -1.00 e. The second-order valence-electron chi connectivity index (χ2n) is 5.22. The Morgan fingerprint density at radius 1 is 0.667 bits per heavy atom. The molecular weight excluding hydrogens is 225 g/mol. The van der Waals surface area contributed by atoms with E-state index < -0.39 is 0 Å². The number of hydrogen-bond donors (Lipinski definition) is 0. The molecule has 0 aliphatic rings. The molecule has 2 heteroatoms. The fraction of sp³-hybridized carbons (Fsp3) is 0.250. The molecule has 0 bridgehead atoms. The van der Waals surface area contributed by atoms with Crippen molar-refractivity contribution in [2.75, 3.05) is 14.1 Å². The average molecular weight is 245 g/mol. The maximum atomic E-state index is 2.28. The zero-order chi connectivity index (χ0) is 12.1. The molecule has 18 heavy (non-hydrogen) atoms. The SMILES string of the molecule is C[N+](C)(Cc1ccccc1)Cc1ccccc1.[F-]. The number of hydrogen-bond acceptors (Lipinski definition) is 0. The summed E-state index contributed by atoms with van der Waals surface area (Å²) in [5, 5.41) is 0. The van der Waals surface area contributed by atoms with Gasteiger partial charge in [0, 0.05) is 11.1 Å². The second-order valence-corrected chi connectivity index (χ2v) is 5.22. The van der Waals surface area contributed by atoms with Crippen LogP contribution in [-0.4, -0.2) is 18.6 Å². The van der Waals surface area contributed by atoms with Crippen molar-refractivity contribution in [1.29, 1.82) is 0 Å². The van der Waals surface area contributed by atoms with E-state index in [9.17, 15) is 0 Å². The second kappa shape index (κ2) is 6.31. The predicted octanol–water partition coefficient (Wildman–Crippen LogP) is 0.467. The van der Waals surface area contributed by atoms with E-state index in [2.05, 4.69) is 74.8 Å². The fourth-order valence-electron chi connectivity index (χ4n) is 2.21. The van der Waals surface area contributed by atoms with Gasteiger partial charge in [-0.2, -0.15) is 0 Å². The lowest BCUT2D eigenvalue weighted by Crippen LogP contribution is -3.00. The summed E-state index contributed by atoms with van der Waals surface area (Å²) in [6.07, 6.45) is 0. The Morgan fingerprint density at radius 3 is 1.33 bits per heavy atom. The standard InChI is InChI=1S/C16H20N.FH/c1-17(2,13-15-9-5-3-6-10-15)14-16-11-7-4-8-12-16;/h3-12H,13-14H2,1-2H3;1H/q+1;/p-1. The quantitative estimate of drug-likeness (QED) is 0.687. The van der Waals surface area contributed by atoms with Crippen molar-refractivity contribution < 1.29 is 9.19 Å². The van der Waals surface area contributed by atoms with Crippen LogP contribution in [0.15, 0.2) is 60.7 Å². The van der Waals surface area contributed by atoms with Gasteiger partial charge >= 0.3 is 0 Å². The third-order valence-electron chi connectivity index (χ3n) is 2.91. The molecule has 0 radical (unpaired) electrons. The van der Waals surface area contributed by atoms with Gasteiger partial charge in [0.05, 0.1) is 14.1 Å². The van der Waals surface area contributed by atoms with E-state index in [0.717, 1.165) is 17.6 Å². The van der Waals surface area contributed by atoms with Crippen LogP contribution in [0.25, 0.3) is 0 Å². The normalized spacial score (nSPS) is 10.8. The first-order valence-electron chi connectivity index (χ1n) is 6.06. The Hall–Kier alpha value is -1.67. The summed E-state index contributed by atoms with van der Waals surface area (Å²) in [4.78, 5) is 0. The van der Waals surface area contributed by atoms with E-state index in [1.54, 1.807) is 0 Å². The Kier molecular flexibility index (Phi) is 5.05.